The molecule has 3 N–H and O–H groups in total. The fourth-order valence-corrected chi connectivity index (χ4v) is 4.72. The number of carbonyl (C=O) groups excluding carboxylic acids is 1. The number of benzene rings is 3. The molecule has 0 radical (unpaired) electrons. The second-order valence-corrected chi connectivity index (χ2v) is 9.35. The number of amides is 1. The number of carbonyl (C=O) groups is 1. The van der Waals surface area contributed by atoms with E-state index in [2.05, 4.69) is 27.3 Å². The second kappa shape index (κ2) is 10.3. The van der Waals surface area contributed by atoms with Crippen molar-refractivity contribution >= 4 is 11.6 Å². The molecule has 6 nitrogen and oxygen atoms in total. The number of hydrogen-bond acceptors (Lipinski definition) is 4. The van der Waals surface area contributed by atoms with Crippen molar-refractivity contribution in [3.05, 3.63) is 102 Å². The summed E-state index contributed by atoms with van der Waals surface area (Å²) in [6.07, 6.45) is 5.99. The van der Waals surface area contributed by atoms with Crippen molar-refractivity contribution in [2.24, 2.45) is 5.73 Å². The normalized spacial score (nSPS) is 16.2. The number of aryl methyl sites for hydroxylation is 1. The van der Waals surface area contributed by atoms with Gasteiger partial charge in [-0.05, 0) is 73.3 Å². The fraction of sp³-hybridized carbons (Fsp3) is 0.241. The summed E-state index contributed by atoms with van der Waals surface area (Å²) in [6, 6.07) is 24.3. The molecule has 0 bridgehead atoms. The molecule has 0 unspecified atom stereocenters. The first kappa shape index (κ1) is 23.0. The number of imidazole rings is 1. The van der Waals surface area contributed by atoms with Crippen LogP contribution in [0.25, 0.3) is 16.8 Å². The van der Waals surface area contributed by atoms with E-state index in [0.717, 1.165) is 66.2 Å². The van der Waals surface area contributed by atoms with E-state index >= 15 is 0 Å². The molecule has 1 saturated heterocycles. The Morgan fingerprint density at radius 2 is 1.89 bits per heavy atom. The molecule has 0 saturated carbocycles. The van der Waals surface area contributed by atoms with Crippen LogP contribution in [0, 0.1) is 6.92 Å². The van der Waals surface area contributed by atoms with Gasteiger partial charge < -0.3 is 15.6 Å². The molecule has 1 aliphatic rings. The summed E-state index contributed by atoms with van der Waals surface area (Å²) >= 11 is 0. The van der Waals surface area contributed by atoms with Gasteiger partial charge in [0.05, 0.1) is 12.0 Å². The Morgan fingerprint density at radius 3 is 2.66 bits per heavy atom. The van der Waals surface area contributed by atoms with Gasteiger partial charge in [0.15, 0.2) is 0 Å². The molecule has 2 heterocycles. The van der Waals surface area contributed by atoms with Crippen LogP contribution in [0.3, 0.4) is 0 Å². The zero-order valence-electron chi connectivity index (χ0n) is 20.0. The van der Waals surface area contributed by atoms with Crippen LogP contribution >= 0.6 is 0 Å². The highest BCUT2D eigenvalue weighted by molar-refractivity contribution is 6.05. The molecule has 0 spiro atoms. The van der Waals surface area contributed by atoms with E-state index in [1.165, 1.54) is 0 Å². The number of hydrogen-bond donors (Lipinski definition) is 2. The molecule has 3 aromatic carbocycles. The van der Waals surface area contributed by atoms with Crippen LogP contribution in [-0.2, 0) is 6.54 Å². The van der Waals surface area contributed by atoms with E-state index in [-0.39, 0.29) is 11.9 Å². The molecule has 4 aromatic rings. The quantitative estimate of drug-likeness (QED) is 0.419. The third-order valence-corrected chi connectivity index (χ3v) is 6.43. The zero-order valence-corrected chi connectivity index (χ0v) is 20.0. The number of anilines is 1. The van der Waals surface area contributed by atoms with Gasteiger partial charge in [0, 0.05) is 42.3 Å². The van der Waals surface area contributed by atoms with Gasteiger partial charge in [0.25, 0.3) is 5.91 Å². The lowest BCUT2D eigenvalue weighted by atomic mass is 10.0. The van der Waals surface area contributed by atoms with Gasteiger partial charge in [-0.25, -0.2) is 4.98 Å². The molecular formula is C29H31N5O. The molecule has 1 aromatic heterocycles. The van der Waals surface area contributed by atoms with Crippen molar-refractivity contribution in [2.75, 3.05) is 18.4 Å². The maximum Gasteiger partial charge on any atom is 0.255 e. The summed E-state index contributed by atoms with van der Waals surface area (Å²) in [5.74, 6) is -0.132. The van der Waals surface area contributed by atoms with E-state index < -0.39 is 0 Å². The van der Waals surface area contributed by atoms with E-state index in [0.29, 0.717) is 5.56 Å². The summed E-state index contributed by atoms with van der Waals surface area (Å²) < 4.78 is 1.99. The van der Waals surface area contributed by atoms with Crippen LogP contribution in [0.5, 0.6) is 0 Å². The third kappa shape index (κ3) is 5.67. The van der Waals surface area contributed by atoms with E-state index in [1.54, 1.807) is 6.33 Å². The van der Waals surface area contributed by atoms with Crippen molar-refractivity contribution in [3.63, 3.8) is 0 Å². The molecule has 35 heavy (non-hydrogen) atoms. The van der Waals surface area contributed by atoms with Crippen LogP contribution in [0.15, 0.2) is 85.3 Å². The van der Waals surface area contributed by atoms with E-state index in [1.807, 2.05) is 78.4 Å². The molecule has 178 valence electrons. The second-order valence-electron chi connectivity index (χ2n) is 9.35. The van der Waals surface area contributed by atoms with Crippen molar-refractivity contribution in [2.45, 2.75) is 32.4 Å². The maximum absolute atomic E-state index is 13.2. The first-order valence-corrected chi connectivity index (χ1v) is 12.1. The average molecular weight is 466 g/mol. The van der Waals surface area contributed by atoms with Crippen LogP contribution in [0.4, 0.5) is 5.69 Å². The number of aromatic nitrogens is 2. The van der Waals surface area contributed by atoms with Gasteiger partial charge in [-0.3, -0.25) is 9.69 Å². The Labute approximate surface area is 206 Å². The minimum absolute atomic E-state index is 0.132. The Balaban J connectivity index is 1.42. The topological polar surface area (TPSA) is 76.2 Å². The number of nitrogens with two attached hydrogens (primary N) is 1. The molecule has 1 atom stereocenters. The predicted molar refractivity (Wildman–Crippen MR) is 141 cm³/mol. The molecular weight excluding hydrogens is 434 g/mol. The highest BCUT2D eigenvalue weighted by Crippen LogP contribution is 2.24. The summed E-state index contributed by atoms with van der Waals surface area (Å²) in [6.45, 7) is 4.69. The van der Waals surface area contributed by atoms with Gasteiger partial charge in [-0.15, -0.1) is 0 Å². The molecule has 0 aliphatic carbocycles. The van der Waals surface area contributed by atoms with Crippen molar-refractivity contribution < 1.29 is 4.79 Å². The lowest BCUT2D eigenvalue weighted by Crippen LogP contribution is -2.42. The summed E-state index contributed by atoms with van der Waals surface area (Å²) in [7, 11) is 0. The summed E-state index contributed by atoms with van der Waals surface area (Å²) in [4.78, 5) is 20.0. The Morgan fingerprint density at radius 1 is 1.06 bits per heavy atom. The molecule has 1 amide bonds. The average Bonchev–Trinajstić information content (AvgIpc) is 3.31. The molecule has 6 heteroatoms. The van der Waals surface area contributed by atoms with Crippen LogP contribution in [0.1, 0.15) is 34.5 Å². The van der Waals surface area contributed by atoms with E-state index in [9.17, 15) is 4.79 Å². The zero-order chi connectivity index (χ0) is 24.2. The van der Waals surface area contributed by atoms with Gasteiger partial charge in [-0.2, -0.15) is 0 Å². The van der Waals surface area contributed by atoms with Crippen LogP contribution in [0.2, 0.25) is 0 Å². The predicted octanol–water partition coefficient (Wildman–Crippen LogP) is 5.02. The van der Waals surface area contributed by atoms with Gasteiger partial charge in [0.1, 0.15) is 0 Å². The van der Waals surface area contributed by atoms with Crippen LogP contribution in [-0.4, -0.2) is 39.5 Å². The van der Waals surface area contributed by atoms with Crippen molar-refractivity contribution in [1.29, 1.82) is 0 Å². The van der Waals surface area contributed by atoms with Crippen LogP contribution < -0.4 is 11.1 Å². The minimum Gasteiger partial charge on any atom is -0.327 e. The largest absolute Gasteiger partial charge is 0.327 e. The third-order valence-electron chi connectivity index (χ3n) is 6.43. The first-order chi connectivity index (χ1) is 17.0. The number of likely N-dealkylation sites (tertiary alicyclic amines) is 1. The Kier molecular flexibility index (Phi) is 6.75. The summed E-state index contributed by atoms with van der Waals surface area (Å²) in [5.41, 5.74) is 12.7. The summed E-state index contributed by atoms with van der Waals surface area (Å²) in [5, 5.41) is 3.12. The van der Waals surface area contributed by atoms with E-state index in [4.69, 9.17) is 5.73 Å². The highest BCUT2D eigenvalue weighted by atomic mass is 16.1. The van der Waals surface area contributed by atoms with Gasteiger partial charge in [-0.1, -0.05) is 42.5 Å². The SMILES string of the molecule is Cc1cn(-c2cc(CN3CCC[C@H](N)C3)cc(NC(=O)c3cccc(-c4ccccc4)c3)c2)cn1. The first-order valence-electron chi connectivity index (χ1n) is 12.1. The molecule has 1 aliphatic heterocycles. The van der Waals surface area contributed by atoms with Crippen molar-refractivity contribution in [3.8, 4) is 16.8 Å². The number of nitrogens with zero attached hydrogens (tertiary/aromatic N) is 3. The number of rotatable bonds is 6. The Bertz CT molecular complexity index is 1310. The van der Waals surface area contributed by atoms with Gasteiger partial charge in [0.2, 0.25) is 0 Å². The van der Waals surface area contributed by atoms with Crippen molar-refractivity contribution in [1.82, 2.24) is 14.5 Å². The lowest BCUT2D eigenvalue weighted by molar-refractivity contribution is 0.102. The standard InChI is InChI=1S/C29H31N5O/c1-21-17-34(20-31-21)28-14-22(18-33-12-6-11-26(30)19-33)13-27(16-28)32-29(35)25-10-5-9-24(15-25)23-7-3-2-4-8-23/h2-5,7-10,13-17,20,26H,6,11-12,18-19,30H2,1H3,(H,32,35)/t26-/m0/s1. The fourth-order valence-electron chi connectivity index (χ4n) is 4.72. The smallest absolute Gasteiger partial charge is 0.255 e. The monoisotopic (exact) mass is 465 g/mol. The maximum atomic E-state index is 13.2. The molecule has 5 rings (SSSR count). The number of nitrogens with one attached hydrogen (secondary N) is 1. The number of piperidine rings is 1. The minimum atomic E-state index is -0.132. The molecule has 1 fully saturated rings. The lowest BCUT2D eigenvalue weighted by Gasteiger charge is -2.30. The van der Waals surface area contributed by atoms with Gasteiger partial charge >= 0.3 is 0 Å². The highest BCUT2D eigenvalue weighted by Gasteiger charge is 2.18. The Hall–Kier alpha value is -3.74.